The maximum absolute atomic E-state index is 5.57. The molecule has 26 heavy (non-hydrogen) atoms. The number of hydrogen-bond donors (Lipinski definition) is 1. The molecule has 0 spiro atoms. The Bertz CT molecular complexity index is 902. The molecule has 6 nitrogen and oxygen atoms in total. The van der Waals surface area contributed by atoms with Crippen LogP contribution in [0.5, 0.6) is 11.5 Å². The number of aromatic nitrogens is 3. The monoisotopic (exact) mass is 390 g/mol. The third-order valence-electron chi connectivity index (χ3n) is 3.80. The normalized spacial score (nSPS) is 11.1. The number of hydrogen-bond acceptors (Lipinski definition) is 6. The van der Waals surface area contributed by atoms with Crippen LogP contribution in [0.2, 0.25) is 0 Å². The first-order chi connectivity index (χ1) is 12.6. The molecule has 8 heteroatoms. The molecule has 3 rings (SSSR count). The summed E-state index contributed by atoms with van der Waals surface area (Å²) in [6.45, 7) is 3.93. The molecule has 0 aliphatic heterocycles. The standard InChI is InChI=1S/C18H22N4O2S2/c1-4-24-14-8-7-13(10-15(14)23-3)11-21(2)12-22-18(25)19-17(20-22)16-6-5-9-26-16/h5-10H,4,11-12H2,1-3H3,(H,19,20,25). The van der Waals surface area contributed by atoms with Crippen molar-refractivity contribution in [2.24, 2.45) is 0 Å². The zero-order chi connectivity index (χ0) is 18.5. The van der Waals surface area contributed by atoms with Gasteiger partial charge in [0.2, 0.25) is 4.77 Å². The summed E-state index contributed by atoms with van der Waals surface area (Å²) in [5.74, 6) is 2.31. The summed E-state index contributed by atoms with van der Waals surface area (Å²) in [5.41, 5.74) is 1.14. The van der Waals surface area contributed by atoms with E-state index in [1.807, 2.05) is 54.4 Å². The number of nitrogens with zero attached hydrogens (tertiary/aromatic N) is 3. The average Bonchev–Trinajstić information content (AvgIpc) is 3.27. The third-order valence-corrected chi connectivity index (χ3v) is 4.99. The molecular weight excluding hydrogens is 368 g/mol. The number of methoxy groups -OCH3 is 1. The van der Waals surface area contributed by atoms with Crippen molar-refractivity contribution in [2.75, 3.05) is 20.8 Å². The lowest BCUT2D eigenvalue weighted by Crippen LogP contribution is -2.22. The fraction of sp³-hybridized carbons (Fsp3) is 0.333. The van der Waals surface area contributed by atoms with Crippen molar-refractivity contribution >= 4 is 23.6 Å². The number of ether oxygens (including phenoxy) is 2. The van der Waals surface area contributed by atoms with Crippen LogP contribution in [0.4, 0.5) is 0 Å². The van der Waals surface area contributed by atoms with Gasteiger partial charge in [0.25, 0.3) is 0 Å². The molecule has 0 atom stereocenters. The van der Waals surface area contributed by atoms with Crippen LogP contribution in [0, 0.1) is 4.77 Å². The first-order valence-electron chi connectivity index (χ1n) is 8.29. The van der Waals surface area contributed by atoms with Crippen molar-refractivity contribution in [1.82, 2.24) is 19.7 Å². The Morgan fingerprint density at radius 1 is 1.31 bits per heavy atom. The molecule has 1 aromatic carbocycles. The number of thiophene rings is 1. The van der Waals surface area contributed by atoms with E-state index in [1.165, 1.54) is 0 Å². The van der Waals surface area contributed by atoms with E-state index in [9.17, 15) is 0 Å². The van der Waals surface area contributed by atoms with E-state index in [2.05, 4.69) is 15.0 Å². The fourth-order valence-corrected chi connectivity index (χ4v) is 3.52. The van der Waals surface area contributed by atoms with Crippen LogP contribution in [-0.2, 0) is 13.2 Å². The Morgan fingerprint density at radius 2 is 2.15 bits per heavy atom. The van der Waals surface area contributed by atoms with Gasteiger partial charge in [-0.15, -0.1) is 11.3 Å². The Morgan fingerprint density at radius 3 is 2.85 bits per heavy atom. The lowest BCUT2D eigenvalue weighted by molar-refractivity contribution is 0.244. The molecule has 0 saturated heterocycles. The van der Waals surface area contributed by atoms with Gasteiger partial charge in [-0.2, -0.15) is 4.98 Å². The summed E-state index contributed by atoms with van der Waals surface area (Å²) in [6.07, 6.45) is 0. The van der Waals surface area contributed by atoms with Crippen LogP contribution in [-0.4, -0.2) is 40.4 Å². The first kappa shape index (κ1) is 18.6. The maximum atomic E-state index is 5.57. The molecule has 1 N–H and O–H groups in total. The van der Waals surface area contributed by atoms with E-state index in [-0.39, 0.29) is 0 Å². The Hall–Kier alpha value is -2.16. The number of H-pyrrole nitrogens is 1. The highest BCUT2D eigenvalue weighted by Crippen LogP contribution is 2.28. The number of aromatic amines is 1. The molecule has 2 heterocycles. The van der Waals surface area contributed by atoms with Gasteiger partial charge in [0.15, 0.2) is 17.3 Å². The van der Waals surface area contributed by atoms with E-state index in [0.29, 0.717) is 18.0 Å². The van der Waals surface area contributed by atoms with Crippen LogP contribution in [0.25, 0.3) is 10.7 Å². The van der Waals surface area contributed by atoms with Gasteiger partial charge in [-0.3, -0.25) is 10.00 Å². The quantitative estimate of drug-likeness (QED) is 0.585. The summed E-state index contributed by atoms with van der Waals surface area (Å²) in [5, 5.41) is 5.30. The number of benzene rings is 1. The van der Waals surface area contributed by atoms with Gasteiger partial charge in [0, 0.05) is 6.54 Å². The largest absolute Gasteiger partial charge is 0.493 e. The molecule has 0 amide bonds. The van der Waals surface area contributed by atoms with Crippen molar-refractivity contribution in [3.05, 3.63) is 46.0 Å². The van der Waals surface area contributed by atoms with Crippen LogP contribution in [0.3, 0.4) is 0 Å². The van der Waals surface area contributed by atoms with E-state index >= 15 is 0 Å². The van der Waals surface area contributed by atoms with Crippen molar-refractivity contribution in [3.63, 3.8) is 0 Å². The second-order valence-electron chi connectivity index (χ2n) is 5.83. The highest BCUT2D eigenvalue weighted by atomic mass is 32.1. The minimum Gasteiger partial charge on any atom is -0.493 e. The molecule has 138 valence electrons. The zero-order valence-electron chi connectivity index (χ0n) is 15.1. The lowest BCUT2D eigenvalue weighted by atomic mass is 10.2. The summed E-state index contributed by atoms with van der Waals surface area (Å²) in [6, 6.07) is 10.0. The molecule has 0 radical (unpaired) electrons. The smallest absolute Gasteiger partial charge is 0.217 e. The Labute approximate surface area is 162 Å². The van der Waals surface area contributed by atoms with Gasteiger partial charge in [0.1, 0.15) is 0 Å². The Balaban J connectivity index is 1.69. The number of nitrogens with one attached hydrogen (secondary N) is 1. The number of rotatable bonds is 8. The van der Waals surface area contributed by atoms with Gasteiger partial charge in [-0.05, 0) is 55.3 Å². The topological polar surface area (TPSA) is 55.3 Å². The van der Waals surface area contributed by atoms with Crippen molar-refractivity contribution in [3.8, 4) is 22.2 Å². The van der Waals surface area contributed by atoms with Gasteiger partial charge < -0.3 is 9.47 Å². The van der Waals surface area contributed by atoms with Gasteiger partial charge in [0.05, 0.1) is 25.3 Å². The fourth-order valence-electron chi connectivity index (χ4n) is 2.66. The van der Waals surface area contributed by atoms with Crippen LogP contribution < -0.4 is 9.47 Å². The minimum atomic E-state index is 0.546. The molecule has 0 saturated carbocycles. The molecule has 0 unspecified atom stereocenters. The predicted molar refractivity (Wildman–Crippen MR) is 106 cm³/mol. The lowest BCUT2D eigenvalue weighted by Gasteiger charge is -2.18. The van der Waals surface area contributed by atoms with Gasteiger partial charge in [-0.1, -0.05) is 12.1 Å². The molecule has 3 aromatic rings. The second kappa shape index (κ2) is 8.48. The van der Waals surface area contributed by atoms with E-state index < -0.39 is 0 Å². The minimum absolute atomic E-state index is 0.546. The highest BCUT2D eigenvalue weighted by molar-refractivity contribution is 7.71. The second-order valence-corrected chi connectivity index (χ2v) is 7.15. The van der Waals surface area contributed by atoms with Crippen LogP contribution in [0.1, 0.15) is 12.5 Å². The molecule has 0 aliphatic carbocycles. The molecule has 2 aromatic heterocycles. The molecular formula is C18H22N4O2S2. The van der Waals surface area contributed by atoms with Crippen LogP contribution in [0.15, 0.2) is 35.7 Å². The highest BCUT2D eigenvalue weighted by Gasteiger charge is 2.10. The SMILES string of the molecule is CCOc1ccc(CN(C)Cn2[nH]c(-c3cccs3)nc2=S)cc1OC. The summed E-state index contributed by atoms with van der Waals surface area (Å²) >= 11 is 7.01. The van der Waals surface area contributed by atoms with Crippen LogP contribution >= 0.6 is 23.6 Å². The van der Waals surface area contributed by atoms with Crippen molar-refractivity contribution < 1.29 is 9.47 Å². The molecule has 0 bridgehead atoms. The van der Waals surface area contributed by atoms with Crippen molar-refractivity contribution in [2.45, 2.75) is 20.1 Å². The van der Waals surface area contributed by atoms with E-state index in [0.717, 1.165) is 34.3 Å². The van der Waals surface area contributed by atoms with E-state index in [4.69, 9.17) is 21.7 Å². The third kappa shape index (κ3) is 4.32. The average molecular weight is 391 g/mol. The first-order valence-corrected chi connectivity index (χ1v) is 9.58. The van der Waals surface area contributed by atoms with Gasteiger partial charge >= 0.3 is 0 Å². The Kier molecular flexibility index (Phi) is 6.08. The predicted octanol–water partition coefficient (Wildman–Crippen LogP) is 4.17. The zero-order valence-corrected chi connectivity index (χ0v) is 16.7. The molecule has 0 aliphatic rings. The van der Waals surface area contributed by atoms with Gasteiger partial charge in [-0.25, -0.2) is 4.68 Å². The summed E-state index contributed by atoms with van der Waals surface area (Å²) in [7, 11) is 3.69. The maximum Gasteiger partial charge on any atom is 0.217 e. The summed E-state index contributed by atoms with van der Waals surface area (Å²) in [4.78, 5) is 7.67. The summed E-state index contributed by atoms with van der Waals surface area (Å²) < 4.78 is 13.4. The molecule has 0 fully saturated rings. The van der Waals surface area contributed by atoms with E-state index in [1.54, 1.807) is 18.4 Å². The van der Waals surface area contributed by atoms with Crippen molar-refractivity contribution in [1.29, 1.82) is 0 Å².